The van der Waals surface area contributed by atoms with Gasteiger partial charge in [0.15, 0.2) is 0 Å². The van der Waals surface area contributed by atoms with Crippen LogP contribution < -0.4 is 0 Å². The number of likely N-dealkylation sites (tertiary alicyclic amines) is 1. The molecule has 4 N–H and O–H groups in total. The summed E-state index contributed by atoms with van der Waals surface area (Å²) in [5.74, 6) is -8.01. The van der Waals surface area contributed by atoms with E-state index < -0.39 is 34.7 Å². The summed E-state index contributed by atoms with van der Waals surface area (Å²) in [5, 5.41) is 40.3. The number of benzene rings is 2. The van der Waals surface area contributed by atoms with Gasteiger partial charge in [-0.1, -0.05) is 65.7 Å². The lowest BCUT2D eigenvalue weighted by molar-refractivity contribution is -0.187. The minimum Gasteiger partial charge on any atom is -0.479 e. The highest BCUT2D eigenvalue weighted by Crippen LogP contribution is 2.32. The van der Waals surface area contributed by atoms with Crippen molar-refractivity contribution in [2.45, 2.75) is 43.9 Å². The Labute approximate surface area is 231 Å². The average molecular weight is 549 g/mol. The summed E-state index contributed by atoms with van der Waals surface area (Å²) >= 11 is 0. The number of aliphatic carboxylic acids is 2. The number of Topliss-reactive ketones (excluding diaryl/α,β-unsaturated/α-hetero) is 2. The zero-order valence-electron chi connectivity index (χ0n) is 22.4. The minimum atomic E-state index is -3.96. The summed E-state index contributed by atoms with van der Waals surface area (Å²) in [4.78, 5) is 55.6. The molecule has 2 aromatic carbocycles. The van der Waals surface area contributed by atoms with Crippen molar-refractivity contribution >= 4 is 23.5 Å². The van der Waals surface area contributed by atoms with Crippen LogP contribution in [0.25, 0.3) is 0 Å². The SMILES string of the molecule is CN1CCC[C@H]1c1cccnc1.Cc1ccc(C(=O)[C@@](O)(C(=O)O)[C@](O)(C(=O)O)C(=O)c2ccc(C)cc2)cc1. The number of carbonyl (C=O) groups excluding carboxylic acids is 2. The first-order chi connectivity index (χ1) is 18.8. The maximum absolute atomic E-state index is 12.8. The van der Waals surface area contributed by atoms with Crippen molar-refractivity contribution in [3.8, 4) is 0 Å². The van der Waals surface area contributed by atoms with E-state index in [9.17, 15) is 39.6 Å². The average Bonchev–Trinajstić information content (AvgIpc) is 3.38. The highest BCUT2D eigenvalue weighted by molar-refractivity contribution is 6.28. The first kappa shape index (κ1) is 30.3. The van der Waals surface area contributed by atoms with Crippen molar-refractivity contribution in [3.63, 3.8) is 0 Å². The molecule has 0 aliphatic carbocycles. The third kappa shape index (κ3) is 5.84. The summed E-state index contributed by atoms with van der Waals surface area (Å²) in [6, 6.07) is 15.1. The van der Waals surface area contributed by atoms with Gasteiger partial charge in [0.25, 0.3) is 11.2 Å². The van der Waals surface area contributed by atoms with Gasteiger partial charge in [-0.05, 0) is 51.9 Å². The van der Waals surface area contributed by atoms with Crippen molar-refractivity contribution in [2.75, 3.05) is 13.6 Å². The van der Waals surface area contributed by atoms with Gasteiger partial charge in [-0.2, -0.15) is 0 Å². The van der Waals surface area contributed by atoms with E-state index in [4.69, 9.17) is 0 Å². The second-order valence-electron chi connectivity index (χ2n) is 9.85. The summed E-state index contributed by atoms with van der Waals surface area (Å²) in [6.07, 6.45) is 6.41. The number of carbonyl (C=O) groups is 4. The minimum absolute atomic E-state index is 0.383. The molecule has 0 amide bonds. The van der Waals surface area contributed by atoms with Crippen LogP contribution in [0.5, 0.6) is 0 Å². The van der Waals surface area contributed by atoms with E-state index in [0.717, 1.165) is 24.3 Å². The van der Waals surface area contributed by atoms with Crippen molar-refractivity contribution in [1.29, 1.82) is 0 Å². The molecule has 0 radical (unpaired) electrons. The number of aliphatic hydroxyl groups is 2. The first-order valence-electron chi connectivity index (χ1n) is 12.6. The largest absolute Gasteiger partial charge is 0.479 e. The molecule has 0 saturated carbocycles. The highest BCUT2D eigenvalue weighted by atomic mass is 16.5. The van der Waals surface area contributed by atoms with E-state index in [1.165, 1.54) is 49.2 Å². The van der Waals surface area contributed by atoms with Crippen LogP contribution >= 0.6 is 0 Å². The Morgan fingerprint density at radius 3 is 1.57 bits per heavy atom. The molecule has 0 spiro atoms. The monoisotopic (exact) mass is 548 g/mol. The standard InChI is InChI=1S/C20H18O8.C10H14N2/c1-11-3-7-13(8-4-11)15(21)19(27,17(23)24)20(28,18(25)26)16(22)14-9-5-12(2)6-10-14;1-12-7-3-5-10(12)9-4-2-6-11-8-9/h3-10,27-28H,1-2H3,(H,23,24)(H,25,26);2,4,6,8,10H,3,5,7H2,1H3/t19-,20-;10-/m10/s1. The predicted octanol–water partition coefficient (Wildman–Crippen LogP) is 2.85. The third-order valence-electron chi connectivity index (χ3n) is 7.02. The molecule has 1 aliphatic rings. The fraction of sp³-hybridized carbons (Fsp3) is 0.300. The molecule has 4 rings (SSSR count). The van der Waals surface area contributed by atoms with Gasteiger partial charge >= 0.3 is 11.9 Å². The normalized spacial score (nSPS) is 18.0. The van der Waals surface area contributed by atoms with Gasteiger partial charge in [0.05, 0.1) is 0 Å². The molecule has 10 heteroatoms. The van der Waals surface area contributed by atoms with Crippen molar-refractivity contribution in [1.82, 2.24) is 9.88 Å². The third-order valence-corrected chi connectivity index (χ3v) is 7.02. The Kier molecular flexibility index (Phi) is 9.31. The van der Waals surface area contributed by atoms with E-state index in [1.807, 2.05) is 18.5 Å². The van der Waals surface area contributed by atoms with Gasteiger partial charge in [0.2, 0.25) is 11.6 Å². The second kappa shape index (κ2) is 12.3. The maximum atomic E-state index is 12.8. The molecule has 0 bridgehead atoms. The summed E-state index contributed by atoms with van der Waals surface area (Å²) < 4.78 is 0. The molecule has 1 aliphatic heterocycles. The topological polar surface area (TPSA) is 165 Å². The van der Waals surface area contributed by atoms with Crippen LogP contribution in [-0.4, -0.2) is 78.6 Å². The van der Waals surface area contributed by atoms with Crippen molar-refractivity contribution < 1.29 is 39.6 Å². The van der Waals surface area contributed by atoms with Crippen LogP contribution in [-0.2, 0) is 9.59 Å². The highest BCUT2D eigenvalue weighted by Gasteiger charge is 2.69. The number of aromatic nitrogens is 1. The van der Waals surface area contributed by atoms with E-state index in [0.29, 0.717) is 17.2 Å². The lowest BCUT2D eigenvalue weighted by Crippen LogP contribution is -2.71. The Balaban J connectivity index is 0.000000302. The van der Waals surface area contributed by atoms with E-state index >= 15 is 0 Å². The number of aryl methyl sites for hydroxylation is 2. The molecule has 40 heavy (non-hydrogen) atoms. The summed E-state index contributed by atoms with van der Waals surface area (Å²) in [6.45, 7) is 4.60. The molecule has 1 fully saturated rings. The van der Waals surface area contributed by atoms with Crippen LogP contribution in [0.2, 0.25) is 0 Å². The van der Waals surface area contributed by atoms with Gasteiger partial charge in [0.1, 0.15) is 0 Å². The fourth-order valence-electron chi connectivity index (χ4n) is 4.56. The van der Waals surface area contributed by atoms with E-state index in [1.54, 1.807) is 13.8 Å². The van der Waals surface area contributed by atoms with Gasteiger partial charge in [-0.3, -0.25) is 19.5 Å². The fourth-order valence-corrected chi connectivity index (χ4v) is 4.56. The Hall–Kier alpha value is -4.25. The number of carboxylic acid groups (broad SMARTS) is 2. The van der Waals surface area contributed by atoms with Crippen molar-refractivity contribution in [3.05, 3.63) is 101 Å². The number of ketones is 2. The smallest absolute Gasteiger partial charge is 0.348 e. The van der Waals surface area contributed by atoms with Crippen molar-refractivity contribution in [2.24, 2.45) is 0 Å². The lowest BCUT2D eigenvalue weighted by atomic mass is 9.73. The van der Waals surface area contributed by atoms with Crippen LogP contribution in [0.1, 0.15) is 56.3 Å². The molecule has 3 aromatic rings. The molecule has 0 unspecified atom stereocenters. The lowest BCUT2D eigenvalue weighted by Gasteiger charge is -2.34. The van der Waals surface area contributed by atoms with Gasteiger partial charge in [0, 0.05) is 29.6 Å². The number of hydrogen-bond acceptors (Lipinski definition) is 8. The zero-order chi connectivity index (χ0) is 29.7. The summed E-state index contributed by atoms with van der Waals surface area (Å²) in [5.41, 5.74) is -5.91. The molecule has 1 saturated heterocycles. The maximum Gasteiger partial charge on any atom is 0.348 e. The molecule has 10 nitrogen and oxygen atoms in total. The van der Waals surface area contributed by atoms with Crippen LogP contribution in [0.4, 0.5) is 0 Å². The quantitative estimate of drug-likeness (QED) is 0.243. The number of rotatable bonds is 8. The van der Waals surface area contributed by atoms with Crippen LogP contribution in [0, 0.1) is 13.8 Å². The van der Waals surface area contributed by atoms with Crippen LogP contribution in [0.3, 0.4) is 0 Å². The predicted molar refractivity (Wildman–Crippen MR) is 145 cm³/mol. The number of nitrogens with zero attached hydrogens (tertiary/aromatic N) is 2. The second-order valence-corrected chi connectivity index (χ2v) is 9.85. The Morgan fingerprint density at radius 1 is 0.800 bits per heavy atom. The number of hydrogen-bond donors (Lipinski definition) is 4. The van der Waals surface area contributed by atoms with E-state index in [2.05, 4.69) is 23.0 Å². The van der Waals surface area contributed by atoms with E-state index in [-0.39, 0.29) is 11.1 Å². The molecule has 1 aromatic heterocycles. The van der Waals surface area contributed by atoms with Gasteiger partial charge in [-0.25, -0.2) is 9.59 Å². The van der Waals surface area contributed by atoms with Crippen LogP contribution in [0.15, 0.2) is 73.1 Å². The molecular weight excluding hydrogens is 516 g/mol. The molecule has 210 valence electrons. The first-order valence-corrected chi connectivity index (χ1v) is 12.6. The Morgan fingerprint density at radius 2 is 1.25 bits per heavy atom. The molecular formula is C30H32N2O8. The number of carboxylic acids is 2. The molecule has 2 heterocycles. The molecule has 3 atom stereocenters. The van der Waals surface area contributed by atoms with Gasteiger partial charge < -0.3 is 20.4 Å². The Bertz CT molecular complexity index is 1300. The summed E-state index contributed by atoms with van der Waals surface area (Å²) in [7, 11) is 2.19. The number of pyridine rings is 1. The van der Waals surface area contributed by atoms with Gasteiger partial charge in [-0.15, -0.1) is 0 Å². The zero-order valence-corrected chi connectivity index (χ0v) is 22.4.